The Morgan fingerprint density at radius 1 is 1.00 bits per heavy atom. The number of nitrogens with zero attached hydrogens (tertiary/aromatic N) is 3. The highest BCUT2D eigenvalue weighted by Crippen LogP contribution is 2.34. The van der Waals surface area contributed by atoms with Crippen LogP contribution in [0.1, 0.15) is 48.9 Å². The Morgan fingerprint density at radius 2 is 1.76 bits per heavy atom. The van der Waals surface area contributed by atoms with Crippen LogP contribution in [0.5, 0.6) is 11.5 Å². The molecule has 214 valence electrons. The second-order valence-electron chi connectivity index (χ2n) is 10.2. The van der Waals surface area contributed by atoms with Crippen LogP contribution in [0.15, 0.2) is 93.2 Å². The van der Waals surface area contributed by atoms with Gasteiger partial charge in [0, 0.05) is 11.1 Å². The number of halogens is 2. The zero-order valence-corrected chi connectivity index (χ0v) is 25.5. The molecule has 1 aromatic heterocycles. The second-order valence-corrected chi connectivity index (χ2v) is 11.0. The number of aryl methyl sites for hydroxylation is 1. The van der Waals surface area contributed by atoms with Gasteiger partial charge in [0.25, 0.3) is 5.56 Å². The largest absolute Gasteiger partial charge is 0.494 e. The van der Waals surface area contributed by atoms with E-state index < -0.39 is 0 Å². The van der Waals surface area contributed by atoms with Crippen molar-refractivity contribution in [1.82, 2.24) is 9.66 Å². The Morgan fingerprint density at radius 3 is 2.50 bits per heavy atom. The van der Waals surface area contributed by atoms with Crippen molar-refractivity contribution in [3.05, 3.63) is 122 Å². The molecule has 0 saturated carbocycles. The van der Waals surface area contributed by atoms with Gasteiger partial charge >= 0.3 is 0 Å². The van der Waals surface area contributed by atoms with E-state index in [9.17, 15) is 9.18 Å². The van der Waals surface area contributed by atoms with E-state index in [1.54, 1.807) is 36.5 Å². The van der Waals surface area contributed by atoms with Crippen molar-refractivity contribution < 1.29 is 13.9 Å². The standard InChI is InChI=1S/C34H31BrFN3O3/c1-5-41-32-16-22(4)27(18-26(32)21(2)3)33-38-30-13-9-7-11-25(30)34(40)39(33)37-19-23-14-15-31(28(35)17-23)42-20-24-10-6-8-12-29(24)36/h6-19,21H,5,20H2,1-4H3. The van der Waals surface area contributed by atoms with Crippen molar-refractivity contribution >= 4 is 33.0 Å². The third-order valence-corrected chi connectivity index (χ3v) is 7.51. The highest BCUT2D eigenvalue weighted by atomic mass is 79.9. The van der Waals surface area contributed by atoms with E-state index in [2.05, 4.69) is 34.9 Å². The van der Waals surface area contributed by atoms with Gasteiger partial charge in [0.15, 0.2) is 5.82 Å². The minimum atomic E-state index is -0.314. The number of para-hydroxylation sites is 1. The van der Waals surface area contributed by atoms with Crippen LogP contribution in [0.3, 0.4) is 0 Å². The van der Waals surface area contributed by atoms with Gasteiger partial charge in [0.05, 0.1) is 28.2 Å². The third kappa shape index (κ3) is 6.14. The summed E-state index contributed by atoms with van der Waals surface area (Å²) in [5.74, 6) is 1.72. The number of fused-ring (bicyclic) bond motifs is 1. The first-order chi connectivity index (χ1) is 20.3. The molecule has 5 rings (SSSR count). The molecule has 0 bridgehead atoms. The van der Waals surface area contributed by atoms with Crippen LogP contribution in [0.2, 0.25) is 0 Å². The minimum absolute atomic E-state index is 0.0972. The monoisotopic (exact) mass is 627 g/mol. The van der Waals surface area contributed by atoms with E-state index in [0.717, 1.165) is 28.0 Å². The molecule has 0 saturated heterocycles. The molecule has 5 aromatic rings. The molecular weight excluding hydrogens is 597 g/mol. The van der Waals surface area contributed by atoms with E-state index in [1.807, 2.05) is 56.3 Å². The molecule has 42 heavy (non-hydrogen) atoms. The summed E-state index contributed by atoms with van der Waals surface area (Å²) in [5, 5.41) is 5.10. The summed E-state index contributed by atoms with van der Waals surface area (Å²) in [5.41, 5.74) is 4.30. The van der Waals surface area contributed by atoms with E-state index in [1.165, 1.54) is 10.7 Å². The normalized spacial score (nSPS) is 11.5. The Hall–Kier alpha value is -4.30. The quantitative estimate of drug-likeness (QED) is 0.154. The van der Waals surface area contributed by atoms with Gasteiger partial charge in [-0.1, -0.05) is 44.2 Å². The van der Waals surface area contributed by atoms with Gasteiger partial charge in [-0.2, -0.15) is 9.78 Å². The Labute approximate surface area is 252 Å². The fourth-order valence-electron chi connectivity index (χ4n) is 4.69. The fourth-order valence-corrected chi connectivity index (χ4v) is 5.20. The van der Waals surface area contributed by atoms with Crippen molar-refractivity contribution in [1.29, 1.82) is 0 Å². The van der Waals surface area contributed by atoms with Gasteiger partial charge in [-0.3, -0.25) is 4.79 Å². The molecule has 0 aliphatic heterocycles. The predicted octanol–water partition coefficient (Wildman–Crippen LogP) is 8.26. The van der Waals surface area contributed by atoms with Crippen molar-refractivity contribution in [2.75, 3.05) is 6.61 Å². The van der Waals surface area contributed by atoms with Gasteiger partial charge in [-0.25, -0.2) is 9.37 Å². The Balaban J connectivity index is 1.54. The summed E-state index contributed by atoms with van der Waals surface area (Å²) in [7, 11) is 0. The maximum Gasteiger partial charge on any atom is 0.282 e. The topological polar surface area (TPSA) is 65.7 Å². The average molecular weight is 629 g/mol. The van der Waals surface area contributed by atoms with Crippen molar-refractivity contribution in [3.63, 3.8) is 0 Å². The summed E-state index contributed by atoms with van der Waals surface area (Å²) in [4.78, 5) is 18.6. The molecule has 0 atom stereocenters. The molecule has 0 N–H and O–H groups in total. The molecule has 0 amide bonds. The fraction of sp³-hybridized carbons (Fsp3) is 0.206. The van der Waals surface area contributed by atoms with E-state index in [4.69, 9.17) is 14.5 Å². The molecular formula is C34H31BrFN3O3. The van der Waals surface area contributed by atoms with Gasteiger partial charge in [0.1, 0.15) is 23.9 Å². The zero-order valence-electron chi connectivity index (χ0n) is 23.9. The second kappa shape index (κ2) is 12.7. The molecule has 0 fully saturated rings. The molecule has 0 aliphatic carbocycles. The third-order valence-electron chi connectivity index (χ3n) is 6.89. The van der Waals surface area contributed by atoms with Crippen LogP contribution >= 0.6 is 15.9 Å². The SMILES string of the molecule is CCOc1cc(C)c(-c2nc3ccccc3c(=O)n2N=Cc2ccc(OCc3ccccc3F)c(Br)c2)cc1C(C)C. The van der Waals surface area contributed by atoms with Crippen LogP contribution in [0.4, 0.5) is 4.39 Å². The Kier molecular flexibility index (Phi) is 8.83. The van der Waals surface area contributed by atoms with E-state index >= 15 is 0 Å². The predicted molar refractivity (Wildman–Crippen MR) is 169 cm³/mol. The molecule has 1 heterocycles. The number of hydrogen-bond acceptors (Lipinski definition) is 5. The molecule has 4 aromatic carbocycles. The lowest BCUT2D eigenvalue weighted by atomic mass is 9.96. The highest BCUT2D eigenvalue weighted by molar-refractivity contribution is 9.10. The summed E-state index contributed by atoms with van der Waals surface area (Å²) in [6.45, 7) is 8.82. The van der Waals surface area contributed by atoms with Gasteiger partial charge in [-0.15, -0.1) is 0 Å². The lowest BCUT2D eigenvalue weighted by Gasteiger charge is -2.18. The summed E-state index contributed by atoms with van der Waals surface area (Å²) >= 11 is 3.54. The Bertz CT molecular complexity index is 1850. The van der Waals surface area contributed by atoms with Crippen LogP contribution < -0.4 is 15.0 Å². The van der Waals surface area contributed by atoms with Crippen LogP contribution in [0, 0.1) is 12.7 Å². The van der Waals surface area contributed by atoms with Crippen LogP contribution in [0.25, 0.3) is 22.3 Å². The summed E-state index contributed by atoms with van der Waals surface area (Å²) in [6, 6.07) is 23.3. The molecule has 0 unspecified atom stereocenters. The zero-order chi connectivity index (χ0) is 29.8. The maximum atomic E-state index is 14.0. The number of benzene rings is 4. The van der Waals surface area contributed by atoms with Crippen molar-refractivity contribution in [3.8, 4) is 22.9 Å². The van der Waals surface area contributed by atoms with Crippen molar-refractivity contribution in [2.24, 2.45) is 5.10 Å². The first-order valence-electron chi connectivity index (χ1n) is 13.8. The smallest absolute Gasteiger partial charge is 0.282 e. The molecule has 0 spiro atoms. The van der Waals surface area contributed by atoms with E-state index in [0.29, 0.717) is 39.1 Å². The first-order valence-corrected chi connectivity index (χ1v) is 14.6. The summed E-state index contributed by atoms with van der Waals surface area (Å²) in [6.07, 6.45) is 1.61. The lowest BCUT2D eigenvalue weighted by Crippen LogP contribution is -2.20. The van der Waals surface area contributed by atoms with Gasteiger partial charge in [-0.05, 0) is 101 Å². The lowest BCUT2D eigenvalue weighted by molar-refractivity contribution is 0.298. The number of ether oxygens (including phenoxy) is 2. The van der Waals surface area contributed by atoms with E-state index in [-0.39, 0.29) is 23.9 Å². The van der Waals surface area contributed by atoms with Crippen LogP contribution in [-0.2, 0) is 6.61 Å². The molecule has 0 radical (unpaired) electrons. The maximum absolute atomic E-state index is 14.0. The molecule has 0 aliphatic rings. The number of hydrogen-bond donors (Lipinski definition) is 0. The number of rotatable bonds is 9. The molecule has 6 nitrogen and oxygen atoms in total. The highest BCUT2D eigenvalue weighted by Gasteiger charge is 2.18. The average Bonchev–Trinajstić information content (AvgIpc) is 2.97. The first kappa shape index (κ1) is 29.2. The van der Waals surface area contributed by atoms with Crippen LogP contribution in [-0.4, -0.2) is 22.5 Å². The van der Waals surface area contributed by atoms with Crippen molar-refractivity contribution in [2.45, 2.75) is 40.2 Å². The summed E-state index contributed by atoms with van der Waals surface area (Å²) < 4.78 is 27.8. The minimum Gasteiger partial charge on any atom is -0.494 e. The van der Waals surface area contributed by atoms with Gasteiger partial charge in [0.2, 0.25) is 0 Å². The molecule has 8 heteroatoms. The van der Waals surface area contributed by atoms with Gasteiger partial charge < -0.3 is 9.47 Å². The number of aromatic nitrogens is 2.